The molecule has 1 atom stereocenters. The van der Waals surface area contributed by atoms with Gasteiger partial charge in [0.25, 0.3) is 0 Å². The van der Waals surface area contributed by atoms with Crippen molar-refractivity contribution in [3.05, 3.63) is 46.6 Å². The summed E-state index contributed by atoms with van der Waals surface area (Å²) in [4.78, 5) is 23.2. The van der Waals surface area contributed by atoms with Gasteiger partial charge in [-0.2, -0.15) is 0 Å². The van der Waals surface area contributed by atoms with Gasteiger partial charge in [-0.1, -0.05) is 25.1 Å². The van der Waals surface area contributed by atoms with Crippen molar-refractivity contribution in [2.24, 2.45) is 0 Å². The van der Waals surface area contributed by atoms with Crippen LogP contribution >= 0.6 is 11.3 Å². The van der Waals surface area contributed by atoms with E-state index >= 15 is 0 Å². The first-order valence-electron chi connectivity index (χ1n) is 8.63. The fourth-order valence-corrected chi connectivity index (χ4v) is 5.16. The largest absolute Gasteiger partial charge is 0.478 e. The minimum absolute atomic E-state index is 0.202. The topological polar surface area (TPSA) is 80.4 Å². The van der Waals surface area contributed by atoms with Crippen LogP contribution in [0.25, 0.3) is 27.3 Å². The third-order valence-corrected chi connectivity index (χ3v) is 6.25. The summed E-state index contributed by atoms with van der Waals surface area (Å²) in [5.41, 5.74) is 2.83. The van der Waals surface area contributed by atoms with Crippen LogP contribution in [0.4, 0.5) is 0 Å². The first kappa shape index (κ1) is 15.5. The van der Waals surface area contributed by atoms with E-state index in [1.807, 2.05) is 0 Å². The quantitative estimate of drug-likeness (QED) is 0.578. The van der Waals surface area contributed by atoms with Gasteiger partial charge in [-0.3, -0.25) is 0 Å². The van der Waals surface area contributed by atoms with Crippen LogP contribution in [0.1, 0.15) is 46.5 Å². The maximum atomic E-state index is 11.5. The van der Waals surface area contributed by atoms with Crippen LogP contribution in [0.3, 0.4) is 0 Å². The SMILES string of the molecule is C[C@H]1CCCc2sc3ncn4nc(-c5ccccc5C(=O)O)nc4c3c21. The van der Waals surface area contributed by atoms with Crippen molar-refractivity contribution in [2.75, 3.05) is 0 Å². The van der Waals surface area contributed by atoms with Gasteiger partial charge in [0.1, 0.15) is 11.2 Å². The highest BCUT2D eigenvalue weighted by Crippen LogP contribution is 2.42. The minimum Gasteiger partial charge on any atom is -0.478 e. The lowest BCUT2D eigenvalue weighted by Gasteiger charge is -2.18. The highest BCUT2D eigenvalue weighted by Gasteiger charge is 2.25. The number of hydrogen-bond donors (Lipinski definition) is 1. The van der Waals surface area contributed by atoms with Crippen LogP contribution in [0, 0.1) is 0 Å². The van der Waals surface area contributed by atoms with Gasteiger partial charge in [0.15, 0.2) is 11.5 Å². The Kier molecular flexibility index (Phi) is 3.33. The van der Waals surface area contributed by atoms with Gasteiger partial charge in [0.2, 0.25) is 0 Å². The highest BCUT2D eigenvalue weighted by molar-refractivity contribution is 7.19. The zero-order valence-corrected chi connectivity index (χ0v) is 15.0. The molecule has 0 saturated carbocycles. The van der Waals surface area contributed by atoms with Crippen LogP contribution in [-0.2, 0) is 6.42 Å². The molecule has 0 bridgehead atoms. The van der Waals surface area contributed by atoms with Gasteiger partial charge in [-0.25, -0.2) is 19.3 Å². The Bertz CT molecular complexity index is 1180. The van der Waals surface area contributed by atoms with Crippen LogP contribution in [0.2, 0.25) is 0 Å². The van der Waals surface area contributed by atoms with E-state index in [2.05, 4.69) is 17.0 Å². The summed E-state index contributed by atoms with van der Waals surface area (Å²) < 4.78 is 1.67. The molecule has 4 aromatic rings. The van der Waals surface area contributed by atoms with Crippen molar-refractivity contribution in [1.82, 2.24) is 19.6 Å². The lowest BCUT2D eigenvalue weighted by molar-refractivity contribution is 0.0697. The maximum Gasteiger partial charge on any atom is 0.336 e. The van der Waals surface area contributed by atoms with E-state index in [0.717, 1.165) is 22.3 Å². The second-order valence-corrected chi connectivity index (χ2v) is 7.79. The zero-order valence-electron chi connectivity index (χ0n) is 14.1. The molecule has 130 valence electrons. The molecule has 0 amide bonds. The molecule has 26 heavy (non-hydrogen) atoms. The average molecular weight is 364 g/mol. The van der Waals surface area contributed by atoms with Crippen molar-refractivity contribution < 1.29 is 9.90 Å². The Morgan fingerprint density at radius 1 is 1.35 bits per heavy atom. The number of carboxylic acid groups (broad SMARTS) is 1. The standard InChI is InChI=1S/C19H16N4O2S/c1-10-5-4-8-13-14(10)15-17-21-16(22-23(17)9-20-18(15)26-13)11-6-2-3-7-12(11)19(24)25/h2-3,6-7,9-10H,4-5,8H2,1H3,(H,24,25)/t10-/m0/s1. The Morgan fingerprint density at radius 3 is 3.04 bits per heavy atom. The fourth-order valence-electron chi connectivity index (χ4n) is 3.86. The van der Waals surface area contributed by atoms with E-state index in [1.165, 1.54) is 23.3 Å². The second kappa shape index (κ2) is 5.60. The first-order chi connectivity index (χ1) is 12.6. The summed E-state index contributed by atoms with van der Waals surface area (Å²) in [5, 5.41) is 15.0. The Morgan fingerprint density at radius 2 is 2.19 bits per heavy atom. The van der Waals surface area contributed by atoms with E-state index in [1.54, 1.807) is 46.4 Å². The summed E-state index contributed by atoms with van der Waals surface area (Å²) in [6.45, 7) is 2.25. The van der Waals surface area contributed by atoms with E-state index in [9.17, 15) is 9.90 Å². The van der Waals surface area contributed by atoms with Gasteiger partial charge in [0.05, 0.1) is 10.9 Å². The molecular formula is C19H16N4O2S. The molecule has 6 nitrogen and oxygen atoms in total. The van der Waals surface area contributed by atoms with Gasteiger partial charge in [-0.05, 0) is 36.8 Å². The van der Waals surface area contributed by atoms with Crippen LogP contribution in [-0.4, -0.2) is 30.7 Å². The molecule has 0 spiro atoms. The normalized spacial score (nSPS) is 16.9. The van der Waals surface area contributed by atoms with E-state index < -0.39 is 5.97 Å². The number of aryl methyl sites for hydroxylation is 1. The molecule has 1 aromatic carbocycles. The number of aromatic carboxylic acids is 1. The van der Waals surface area contributed by atoms with E-state index in [4.69, 9.17) is 4.98 Å². The molecule has 0 aliphatic heterocycles. The molecule has 1 N–H and O–H groups in total. The number of nitrogens with zero attached hydrogens (tertiary/aromatic N) is 4. The second-order valence-electron chi connectivity index (χ2n) is 6.71. The Labute approximate surface area is 153 Å². The molecule has 0 fully saturated rings. The lowest BCUT2D eigenvalue weighted by atomic mass is 9.87. The number of carbonyl (C=O) groups is 1. The number of fused-ring (bicyclic) bond motifs is 5. The summed E-state index contributed by atoms with van der Waals surface area (Å²) in [6, 6.07) is 6.83. The zero-order chi connectivity index (χ0) is 17.8. The predicted molar refractivity (Wildman–Crippen MR) is 99.9 cm³/mol. The highest BCUT2D eigenvalue weighted by atomic mass is 32.1. The molecule has 3 aromatic heterocycles. The summed E-state index contributed by atoms with van der Waals surface area (Å²) >= 11 is 1.75. The minimum atomic E-state index is -0.982. The van der Waals surface area contributed by atoms with Crippen molar-refractivity contribution in [1.29, 1.82) is 0 Å². The molecule has 0 unspecified atom stereocenters. The first-order valence-corrected chi connectivity index (χ1v) is 9.44. The third kappa shape index (κ3) is 2.17. The fraction of sp³-hybridized carbons (Fsp3) is 0.263. The monoisotopic (exact) mass is 364 g/mol. The molecule has 0 saturated heterocycles. The van der Waals surface area contributed by atoms with Crippen molar-refractivity contribution >= 4 is 33.2 Å². The molecule has 5 rings (SSSR count). The number of carboxylic acids is 1. The Hall–Kier alpha value is -2.80. The Balaban J connectivity index is 1.80. The van der Waals surface area contributed by atoms with E-state index in [0.29, 0.717) is 17.3 Å². The maximum absolute atomic E-state index is 11.5. The number of hydrogen-bond acceptors (Lipinski definition) is 5. The average Bonchev–Trinajstić information content (AvgIpc) is 3.23. The van der Waals surface area contributed by atoms with Crippen molar-refractivity contribution in [3.63, 3.8) is 0 Å². The number of thiophene rings is 1. The summed E-state index contributed by atoms with van der Waals surface area (Å²) in [6.07, 6.45) is 5.14. The van der Waals surface area contributed by atoms with Crippen LogP contribution < -0.4 is 0 Å². The summed E-state index contributed by atoms with van der Waals surface area (Å²) in [7, 11) is 0. The number of benzene rings is 1. The lowest BCUT2D eigenvalue weighted by Crippen LogP contribution is -2.04. The predicted octanol–water partition coefficient (Wildman–Crippen LogP) is 4.14. The molecule has 3 heterocycles. The van der Waals surface area contributed by atoms with Crippen molar-refractivity contribution in [2.45, 2.75) is 32.1 Å². The molecular weight excluding hydrogens is 348 g/mol. The van der Waals surface area contributed by atoms with Gasteiger partial charge in [0, 0.05) is 10.4 Å². The summed E-state index contributed by atoms with van der Waals surface area (Å²) in [5.74, 6) is -0.0862. The van der Waals surface area contributed by atoms with Crippen molar-refractivity contribution in [3.8, 4) is 11.4 Å². The smallest absolute Gasteiger partial charge is 0.336 e. The molecule has 0 radical (unpaired) electrons. The number of rotatable bonds is 2. The molecule has 1 aliphatic rings. The third-order valence-electron chi connectivity index (χ3n) is 5.07. The van der Waals surface area contributed by atoms with Crippen LogP contribution in [0.15, 0.2) is 30.6 Å². The van der Waals surface area contributed by atoms with Gasteiger partial charge in [-0.15, -0.1) is 16.4 Å². The van der Waals surface area contributed by atoms with Gasteiger partial charge < -0.3 is 5.11 Å². The van der Waals surface area contributed by atoms with E-state index in [-0.39, 0.29) is 5.56 Å². The molecule has 7 heteroatoms. The molecule has 1 aliphatic carbocycles. The van der Waals surface area contributed by atoms with Crippen LogP contribution in [0.5, 0.6) is 0 Å². The van der Waals surface area contributed by atoms with Gasteiger partial charge >= 0.3 is 5.97 Å². The number of aromatic nitrogens is 4.